The molecule has 0 heterocycles. The molecule has 0 spiro atoms. The van der Waals surface area contributed by atoms with Crippen LogP contribution in [0.5, 0.6) is 5.75 Å². The molecular weight excluding hydrogens is 416 g/mol. The average Bonchev–Trinajstić information content (AvgIpc) is 2.79. The Kier molecular flexibility index (Phi) is 6.41. The molecule has 31 heavy (non-hydrogen) atoms. The lowest BCUT2D eigenvalue weighted by Crippen LogP contribution is -2.29. The fraction of sp³-hybridized carbons (Fsp3) is 0.130. The molecule has 0 unspecified atom stereocenters. The number of sulfonamides is 1. The second-order valence-electron chi connectivity index (χ2n) is 6.75. The van der Waals surface area contributed by atoms with E-state index in [1.165, 1.54) is 38.2 Å². The summed E-state index contributed by atoms with van der Waals surface area (Å²) in [7, 11) is -1.01. The van der Waals surface area contributed by atoms with Gasteiger partial charge < -0.3 is 10.1 Å². The van der Waals surface area contributed by atoms with Gasteiger partial charge >= 0.3 is 0 Å². The second-order valence-corrected chi connectivity index (χ2v) is 8.72. The fourth-order valence-electron chi connectivity index (χ4n) is 2.96. The Labute approximate surface area is 181 Å². The summed E-state index contributed by atoms with van der Waals surface area (Å²) in [4.78, 5) is 24.4. The molecule has 7 nitrogen and oxygen atoms in total. The fourth-order valence-corrected chi connectivity index (χ4v) is 4.18. The molecular formula is C23H22N2O5S. The molecule has 3 aromatic carbocycles. The van der Waals surface area contributed by atoms with Gasteiger partial charge in [-0.1, -0.05) is 24.3 Å². The predicted octanol–water partition coefficient (Wildman–Crippen LogP) is 3.98. The van der Waals surface area contributed by atoms with Gasteiger partial charge in [0.05, 0.1) is 23.3 Å². The van der Waals surface area contributed by atoms with Crippen LogP contribution in [0.1, 0.15) is 27.6 Å². The first-order chi connectivity index (χ1) is 14.7. The average molecular weight is 439 g/mol. The number of Topliss-reactive ketones (excluding diaryl/α,β-unsaturated/α-hetero) is 1. The minimum Gasteiger partial charge on any atom is -0.497 e. The number of benzene rings is 3. The van der Waals surface area contributed by atoms with Crippen molar-refractivity contribution >= 4 is 33.1 Å². The number of amides is 1. The number of hydrogen-bond donors (Lipinski definition) is 1. The Morgan fingerprint density at radius 2 is 1.52 bits per heavy atom. The molecule has 0 atom stereocenters. The molecule has 0 aromatic heterocycles. The maximum absolute atomic E-state index is 13.1. The highest BCUT2D eigenvalue weighted by Crippen LogP contribution is 2.27. The van der Waals surface area contributed by atoms with Crippen LogP contribution in [0.3, 0.4) is 0 Å². The van der Waals surface area contributed by atoms with E-state index in [9.17, 15) is 18.0 Å². The van der Waals surface area contributed by atoms with Gasteiger partial charge in [0.15, 0.2) is 5.78 Å². The Morgan fingerprint density at radius 1 is 0.903 bits per heavy atom. The summed E-state index contributed by atoms with van der Waals surface area (Å²) in [6, 6.07) is 18.9. The molecule has 3 rings (SSSR count). The zero-order valence-electron chi connectivity index (χ0n) is 17.3. The van der Waals surface area contributed by atoms with Gasteiger partial charge in [0.1, 0.15) is 5.75 Å². The van der Waals surface area contributed by atoms with Gasteiger partial charge in [0, 0.05) is 18.3 Å². The third-order valence-corrected chi connectivity index (χ3v) is 6.54. The normalized spacial score (nSPS) is 10.9. The van der Waals surface area contributed by atoms with Gasteiger partial charge in [0.25, 0.3) is 15.9 Å². The van der Waals surface area contributed by atoms with Crippen LogP contribution in [0.2, 0.25) is 0 Å². The van der Waals surface area contributed by atoms with Crippen molar-refractivity contribution in [1.29, 1.82) is 0 Å². The first-order valence-corrected chi connectivity index (χ1v) is 10.8. The molecule has 160 valence electrons. The number of carbonyl (C=O) groups excluding carboxylic acids is 2. The van der Waals surface area contributed by atoms with Crippen LogP contribution in [0, 0.1) is 0 Å². The quantitative estimate of drug-likeness (QED) is 0.564. The highest BCUT2D eigenvalue weighted by atomic mass is 32.2. The molecule has 0 fully saturated rings. The van der Waals surface area contributed by atoms with E-state index in [1.54, 1.807) is 55.6 Å². The summed E-state index contributed by atoms with van der Waals surface area (Å²) in [6.45, 7) is 1.41. The number of rotatable bonds is 7. The summed E-state index contributed by atoms with van der Waals surface area (Å²) in [6.07, 6.45) is 0. The van der Waals surface area contributed by atoms with Crippen molar-refractivity contribution in [3.63, 3.8) is 0 Å². The molecule has 0 saturated heterocycles. The van der Waals surface area contributed by atoms with Crippen molar-refractivity contribution in [2.24, 2.45) is 0 Å². The van der Waals surface area contributed by atoms with Crippen LogP contribution >= 0.6 is 0 Å². The number of anilines is 2. The number of nitrogens with zero attached hydrogens (tertiary/aromatic N) is 1. The van der Waals surface area contributed by atoms with Crippen LogP contribution in [-0.2, 0) is 10.0 Å². The van der Waals surface area contributed by atoms with Crippen molar-refractivity contribution in [3.05, 3.63) is 83.9 Å². The number of ketones is 1. The van der Waals surface area contributed by atoms with Gasteiger partial charge in [-0.25, -0.2) is 8.42 Å². The monoisotopic (exact) mass is 438 g/mol. The molecule has 0 aliphatic rings. The van der Waals surface area contributed by atoms with Crippen molar-refractivity contribution < 1.29 is 22.7 Å². The maximum Gasteiger partial charge on any atom is 0.264 e. The first-order valence-electron chi connectivity index (χ1n) is 9.38. The summed E-state index contributed by atoms with van der Waals surface area (Å²) in [5, 5.41) is 2.76. The SMILES string of the molecule is COc1ccc(NC(=O)c2ccccc2N(C)S(=O)(=O)c2ccc(C(C)=O)cc2)cc1. The van der Waals surface area contributed by atoms with E-state index < -0.39 is 15.9 Å². The second kappa shape index (κ2) is 9.01. The van der Waals surface area contributed by atoms with Crippen LogP contribution in [0.25, 0.3) is 0 Å². The molecule has 0 bridgehead atoms. The minimum atomic E-state index is -3.95. The Bertz CT molecular complexity index is 1200. The number of methoxy groups -OCH3 is 1. The minimum absolute atomic E-state index is 0.0189. The number of hydrogen-bond acceptors (Lipinski definition) is 5. The standard InChI is InChI=1S/C23H22N2O5S/c1-16(26)17-8-14-20(15-9-17)31(28,29)25(2)22-7-5-4-6-21(22)23(27)24-18-10-12-19(30-3)13-11-18/h4-15H,1-3H3,(H,24,27). The number of ether oxygens (including phenoxy) is 1. The zero-order valence-corrected chi connectivity index (χ0v) is 18.1. The van der Waals surface area contributed by atoms with E-state index in [2.05, 4.69) is 5.32 Å². The van der Waals surface area contributed by atoms with Crippen LogP contribution in [0.4, 0.5) is 11.4 Å². The van der Waals surface area contributed by atoms with E-state index in [4.69, 9.17) is 4.74 Å². The maximum atomic E-state index is 13.1. The van der Waals surface area contributed by atoms with Gasteiger partial charge in [-0.3, -0.25) is 13.9 Å². The zero-order chi connectivity index (χ0) is 22.6. The molecule has 0 aliphatic carbocycles. The summed E-state index contributed by atoms with van der Waals surface area (Å²) in [5.74, 6) is 0.0487. The van der Waals surface area contributed by atoms with E-state index >= 15 is 0 Å². The molecule has 1 N–H and O–H groups in total. The lowest BCUT2D eigenvalue weighted by atomic mass is 10.1. The Morgan fingerprint density at radius 3 is 2.10 bits per heavy atom. The summed E-state index contributed by atoms with van der Waals surface area (Å²) >= 11 is 0. The Balaban J connectivity index is 1.90. The molecule has 8 heteroatoms. The topological polar surface area (TPSA) is 92.8 Å². The summed E-state index contributed by atoms with van der Waals surface area (Å²) in [5.41, 5.74) is 1.39. The van der Waals surface area contributed by atoms with Crippen molar-refractivity contribution in [2.45, 2.75) is 11.8 Å². The van der Waals surface area contributed by atoms with E-state index in [0.29, 0.717) is 17.0 Å². The number of para-hydroxylation sites is 1. The third-order valence-electron chi connectivity index (χ3n) is 4.76. The highest BCUT2D eigenvalue weighted by molar-refractivity contribution is 7.92. The van der Waals surface area contributed by atoms with Crippen molar-refractivity contribution in [2.75, 3.05) is 23.8 Å². The highest BCUT2D eigenvalue weighted by Gasteiger charge is 2.25. The van der Waals surface area contributed by atoms with Crippen LogP contribution < -0.4 is 14.4 Å². The van der Waals surface area contributed by atoms with Gasteiger partial charge in [0.2, 0.25) is 0 Å². The van der Waals surface area contributed by atoms with Gasteiger partial charge in [-0.15, -0.1) is 0 Å². The summed E-state index contributed by atoms with van der Waals surface area (Å²) < 4.78 is 32.4. The number of carbonyl (C=O) groups is 2. The lowest BCUT2D eigenvalue weighted by molar-refractivity contribution is 0.101. The molecule has 1 amide bonds. The Hall–Kier alpha value is -3.65. The molecule has 0 aliphatic heterocycles. The van der Waals surface area contributed by atoms with E-state index in [-0.39, 0.29) is 21.9 Å². The molecule has 3 aromatic rings. The van der Waals surface area contributed by atoms with Crippen molar-refractivity contribution in [1.82, 2.24) is 0 Å². The largest absolute Gasteiger partial charge is 0.497 e. The van der Waals surface area contributed by atoms with E-state index in [1.807, 2.05) is 0 Å². The predicted molar refractivity (Wildman–Crippen MR) is 119 cm³/mol. The van der Waals surface area contributed by atoms with Crippen LogP contribution in [0.15, 0.2) is 77.7 Å². The van der Waals surface area contributed by atoms with Crippen molar-refractivity contribution in [3.8, 4) is 5.75 Å². The van der Waals surface area contributed by atoms with Crippen LogP contribution in [-0.4, -0.2) is 34.3 Å². The van der Waals surface area contributed by atoms with E-state index in [0.717, 1.165) is 4.31 Å². The first kappa shape index (κ1) is 22.0. The third kappa shape index (κ3) is 4.75. The number of nitrogens with one attached hydrogen (secondary N) is 1. The van der Waals surface area contributed by atoms with Gasteiger partial charge in [-0.2, -0.15) is 0 Å². The van der Waals surface area contributed by atoms with Gasteiger partial charge in [-0.05, 0) is 55.5 Å². The lowest BCUT2D eigenvalue weighted by Gasteiger charge is -2.22. The molecule has 0 radical (unpaired) electrons. The molecule has 0 saturated carbocycles. The smallest absolute Gasteiger partial charge is 0.264 e.